The molecule has 2 amide bonds. The molecule has 2 rings (SSSR count). The van der Waals surface area contributed by atoms with E-state index < -0.39 is 5.97 Å². The first kappa shape index (κ1) is 16.1. The highest BCUT2D eigenvalue weighted by atomic mass is 16.4. The molecule has 2 aliphatic carbocycles. The molecule has 21 heavy (non-hydrogen) atoms. The minimum Gasteiger partial charge on any atom is -0.480 e. The van der Waals surface area contributed by atoms with Crippen LogP contribution in [0.2, 0.25) is 0 Å². The number of carboxylic acids is 1. The normalized spacial score (nSPS) is 30.9. The van der Waals surface area contributed by atoms with Crippen molar-refractivity contribution in [1.82, 2.24) is 15.5 Å². The van der Waals surface area contributed by atoms with Crippen LogP contribution in [0.15, 0.2) is 0 Å². The van der Waals surface area contributed by atoms with Crippen molar-refractivity contribution in [2.24, 2.45) is 11.8 Å². The Kier molecular flexibility index (Phi) is 5.08. The number of aliphatic carboxylic acids is 1. The standard InChI is InChI=1S/C15H27N3O3/c1-4-18(8-14(19)20)11-5-10(6-11)16-15(21)17-13-7-12(13)9(2)3/h9-13H,4-8H2,1-3H3,(H,19,20)(H2,16,17,21)/t10?,11?,12-,13+/m0/s1. The van der Waals surface area contributed by atoms with E-state index in [-0.39, 0.29) is 24.7 Å². The summed E-state index contributed by atoms with van der Waals surface area (Å²) in [5, 5.41) is 14.9. The fourth-order valence-corrected chi connectivity index (χ4v) is 3.19. The second-order valence-corrected chi connectivity index (χ2v) is 6.65. The topological polar surface area (TPSA) is 81.7 Å². The SMILES string of the molecule is CCN(CC(=O)O)C1CC(NC(=O)N[C@@H]2C[C@H]2C(C)C)C1. The molecule has 2 saturated carbocycles. The summed E-state index contributed by atoms with van der Waals surface area (Å²) in [6.45, 7) is 7.15. The van der Waals surface area contributed by atoms with E-state index in [1.807, 2.05) is 11.8 Å². The molecule has 0 spiro atoms. The van der Waals surface area contributed by atoms with Gasteiger partial charge in [0, 0.05) is 18.1 Å². The summed E-state index contributed by atoms with van der Waals surface area (Å²) < 4.78 is 0. The number of urea groups is 1. The van der Waals surface area contributed by atoms with Crippen LogP contribution in [0.5, 0.6) is 0 Å². The molecule has 3 N–H and O–H groups in total. The zero-order chi connectivity index (χ0) is 15.6. The van der Waals surface area contributed by atoms with Gasteiger partial charge in [-0.15, -0.1) is 0 Å². The van der Waals surface area contributed by atoms with Crippen LogP contribution in [0.4, 0.5) is 4.79 Å². The highest BCUT2D eigenvalue weighted by Gasteiger charge is 2.41. The van der Waals surface area contributed by atoms with Crippen LogP contribution in [0.1, 0.15) is 40.0 Å². The Bertz CT molecular complexity index is 394. The molecule has 6 heteroatoms. The van der Waals surface area contributed by atoms with Crippen LogP contribution in [-0.2, 0) is 4.79 Å². The Morgan fingerprint density at radius 2 is 1.90 bits per heavy atom. The number of hydrogen-bond donors (Lipinski definition) is 3. The number of amides is 2. The van der Waals surface area contributed by atoms with Crippen molar-refractivity contribution < 1.29 is 14.7 Å². The number of nitrogens with one attached hydrogen (secondary N) is 2. The van der Waals surface area contributed by atoms with Crippen molar-refractivity contribution in [3.05, 3.63) is 0 Å². The second kappa shape index (κ2) is 6.64. The third kappa shape index (κ3) is 4.33. The maximum atomic E-state index is 11.9. The lowest BCUT2D eigenvalue weighted by Crippen LogP contribution is -2.56. The van der Waals surface area contributed by atoms with Crippen molar-refractivity contribution >= 4 is 12.0 Å². The molecule has 0 aromatic heterocycles. The molecular formula is C15H27N3O3. The van der Waals surface area contributed by atoms with Gasteiger partial charge in [-0.25, -0.2) is 4.79 Å². The second-order valence-electron chi connectivity index (χ2n) is 6.65. The zero-order valence-corrected chi connectivity index (χ0v) is 13.1. The number of rotatable bonds is 7. The van der Waals surface area contributed by atoms with E-state index in [1.165, 1.54) is 0 Å². The van der Waals surface area contributed by atoms with Crippen molar-refractivity contribution in [2.45, 2.75) is 58.2 Å². The molecule has 120 valence electrons. The Labute approximate surface area is 126 Å². The summed E-state index contributed by atoms with van der Waals surface area (Å²) in [5.74, 6) is 0.452. The van der Waals surface area contributed by atoms with Crippen LogP contribution >= 0.6 is 0 Å². The molecule has 2 aliphatic rings. The van der Waals surface area contributed by atoms with Gasteiger partial charge in [0.2, 0.25) is 0 Å². The van der Waals surface area contributed by atoms with Crippen LogP contribution in [0.3, 0.4) is 0 Å². The molecule has 0 aliphatic heterocycles. The first-order valence-corrected chi connectivity index (χ1v) is 7.93. The molecule has 0 saturated heterocycles. The maximum absolute atomic E-state index is 11.9. The summed E-state index contributed by atoms with van der Waals surface area (Å²) in [7, 11) is 0. The number of likely N-dealkylation sites (N-methyl/N-ethyl adjacent to an activating group) is 1. The van der Waals surface area contributed by atoms with Gasteiger partial charge < -0.3 is 15.7 Å². The minimum absolute atomic E-state index is 0.0760. The summed E-state index contributed by atoms with van der Waals surface area (Å²) in [6, 6.07) is 0.711. The van der Waals surface area contributed by atoms with Gasteiger partial charge in [-0.2, -0.15) is 0 Å². The van der Waals surface area contributed by atoms with Crippen LogP contribution in [-0.4, -0.2) is 53.2 Å². The van der Waals surface area contributed by atoms with Crippen molar-refractivity contribution in [2.75, 3.05) is 13.1 Å². The zero-order valence-electron chi connectivity index (χ0n) is 13.1. The van der Waals surface area contributed by atoms with Crippen LogP contribution in [0.25, 0.3) is 0 Å². The lowest BCUT2D eigenvalue weighted by molar-refractivity contribution is -0.139. The third-order valence-electron chi connectivity index (χ3n) is 4.72. The van der Waals surface area contributed by atoms with Crippen LogP contribution in [0, 0.1) is 11.8 Å². The molecule has 0 aromatic carbocycles. The van der Waals surface area contributed by atoms with E-state index >= 15 is 0 Å². The Balaban J connectivity index is 1.63. The average molecular weight is 297 g/mol. The quantitative estimate of drug-likeness (QED) is 0.661. The van der Waals surface area contributed by atoms with Gasteiger partial charge in [-0.05, 0) is 37.6 Å². The Morgan fingerprint density at radius 3 is 2.38 bits per heavy atom. The van der Waals surface area contributed by atoms with Crippen molar-refractivity contribution in [3.63, 3.8) is 0 Å². The van der Waals surface area contributed by atoms with Gasteiger partial charge in [0.05, 0.1) is 6.54 Å². The lowest BCUT2D eigenvalue weighted by Gasteiger charge is -2.42. The van der Waals surface area contributed by atoms with Gasteiger partial charge >= 0.3 is 12.0 Å². The van der Waals surface area contributed by atoms with Crippen molar-refractivity contribution in [3.8, 4) is 0 Å². The van der Waals surface area contributed by atoms with E-state index in [0.717, 1.165) is 25.8 Å². The van der Waals surface area contributed by atoms with E-state index in [0.29, 0.717) is 17.9 Å². The number of carboxylic acid groups (broad SMARTS) is 1. The first-order chi connectivity index (χ1) is 9.90. The van der Waals surface area contributed by atoms with Crippen molar-refractivity contribution in [1.29, 1.82) is 0 Å². The monoisotopic (exact) mass is 297 g/mol. The number of nitrogens with zero attached hydrogens (tertiary/aromatic N) is 1. The van der Waals surface area contributed by atoms with Crippen LogP contribution < -0.4 is 10.6 Å². The minimum atomic E-state index is -0.792. The molecule has 2 atom stereocenters. The van der Waals surface area contributed by atoms with Gasteiger partial charge in [0.1, 0.15) is 0 Å². The Hall–Kier alpha value is -1.30. The van der Waals surface area contributed by atoms with E-state index in [2.05, 4.69) is 24.5 Å². The van der Waals surface area contributed by atoms with E-state index in [9.17, 15) is 9.59 Å². The number of carbonyl (C=O) groups is 2. The third-order valence-corrected chi connectivity index (χ3v) is 4.72. The summed E-state index contributed by atoms with van der Waals surface area (Å²) in [6.07, 6.45) is 2.76. The summed E-state index contributed by atoms with van der Waals surface area (Å²) in [4.78, 5) is 24.6. The fraction of sp³-hybridized carbons (Fsp3) is 0.867. The number of carbonyl (C=O) groups excluding carboxylic acids is 1. The first-order valence-electron chi connectivity index (χ1n) is 7.93. The summed E-state index contributed by atoms with van der Waals surface area (Å²) in [5.41, 5.74) is 0. The van der Waals surface area contributed by atoms with E-state index in [4.69, 9.17) is 5.11 Å². The molecule has 0 bridgehead atoms. The number of hydrogen-bond acceptors (Lipinski definition) is 3. The lowest BCUT2D eigenvalue weighted by atomic mass is 9.85. The molecule has 0 unspecified atom stereocenters. The highest BCUT2D eigenvalue weighted by molar-refractivity contribution is 5.75. The van der Waals surface area contributed by atoms with Gasteiger partial charge in [-0.1, -0.05) is 20.8 Å². The maximum Gasteiger partial charge on any atom is 0.317 e. The van der Waals surface area contributed by atoms with Gasteiger partial charge in [-0.3, -0.25) is 9.69 Å². The summed E-state index contributed by atoms with van der Waals surface area (Å²) >= 11 is 0. The van der Waals surface area contributed by atoms with Gasteiger partial charge in [0.15, 0.2) is 0 Å². The largest absolute Gasteiger partial charge is 0.480 e. The average Bonchev–Trinajstić information content (AvgIpc) is 3.09. The molecular weight excluding hydrogens is 270 g/mol. The predicted molar refractivity (Wildman–Crippen MR) is 80.1 cm³/mol. The Morgan fingerprint density at radius 1 is 1.24 bits per heavy atom. The fourth-order valence-electron chi connectivity index (χ4n) is 3.19. The molecule has 0 heterocycles. The molecule has 2 fully saturated rings. The highest BCUT2D eigenvalue weighted by Crippen LogP contribution is 2.37. The predicted octanol–water partition coefficient (Wildman–Crippen LogP) is 1.27. The smallest absolute Gasteiger partial charge is 0.317 e. The molecule has 0 radical (unpaired) electrons. The molecule has 6 nitrogen and oxygen atoms in total. The van der Waals surface area contributed by atoms with Gasteiger partial charge in [0.25, 0.3) is 0 Å². The van der Waals surface area contributed by atoms with E-state index in [1.54, 1.807) is 0 Å². The molecule has 0 aromatic rings.